The number of thiol groups is 1. The van der Waals surface area contributed by atoms with E-state index in [-0.39, 0.29) is 0 Å². The van der Waals surface area contributed by atoms with Crippen LogP contribution in [0.25, 0.3) is 0 Å². The zero-order valence-electron chi connectivity index (χ0n) is 5.33. The summed E-state index contributed by atoms with van der Waals surface area (Å²) in [5.74, 6) is 0. The molecular formula is C6H10N2S. The maximum absolute atomic E-state index is 4.31. The first-order chi connectivity index (χ1) is 4.34. The molecule has 0 fully saturated rings. The third kappa shape index (κ3) is 1.48. The Morgan fingerprint density at radius 3 is 3.11 bits per heavy atom. The second kappa shape index (κ2) is 2.92. The monoisotopic (exact) mass is 142 g/mol. The molecule has 0 aliphatic rings. The van der Waals surface area contributed by atoms with Gasteiger partial charge in [-0.15, -0.1) is 0 Å². The van der Waals surface area contributed by atoms with Gasteiger partial charge in [-0.05, 0) is 12.5 Å². The lowest BCUT2D eigenvalue weighted by molar-refractivity contribution is 0.851. The Labute approximate surface area is 60.1 Å². The topological polar surface area (TPSA) is 28.7 Å². The van der Waals surface area contributed by atoms with E-state index in [4.69, 9.17) is 0 Å². The van der Waals surface area contributed by atoms with Gasteiger partial charge in [0.25, 0.3) is 0 Å². The van der Waals surface area contributed by atoms with Crippen LogP contribution in [0.4, 0.5) is 0 Å². The molecule has 2 nitrogen and oxygen atoms in total. The highest BCUT2D eigenvalue weighted by atomic mass is 32.1. The van der Waals surface area contributed by atoms with Crippen molar-refractivity contribution in [2.75, 3.05) is 0 Å². The zero-order chi connectivity index (χ0) is 6.69. The highest BCUT2D eigenvalue weighted by Gasteiger charge is 2.02. The molecule has 0 radical (unpaired) electrons. The van der Waals surface area contributed by atoms with Crippen LogP contribution in [0.15, 0.2) is 12.3 Å². The predicted octanol–water partition coefficient (Wildman–Crippen LogP) is 1.79. The van der Waals surface area contributed by atoms with E-state index < -0.39 is 0 Å². The summed E-state index contributed by atoms with van der Waals surface area (Å²) in [6.07, 6.45) is 2.78. The molecule has 0 aliphatic carbocycles. The molecule has 1 aromatic rings. The number of aromatic nitrogens is 2. The first-order valence-electron chi connectivity index (χ1n) is 3.02. The van der Waals surface area contributed by atoms with Crippen LogP contribution >= 0.6 is 12.6 Å². The Balaban J connectivity index is 2.65. The van der Waals surface area contributed by atoms with Crippen LogP contribution in [0.5, 0.6) is 0 Å². The standard InChI is InChI=1S/C6H10N2S/c1-2-6(9)5-3-4-7-8-5/h3-4,6,9H,2H2,1H3,(H,7,8). The van der Waals surface area contributed by atoms with Gasteiger partial charge in [0.05, 0.1) is 0 Å². The SMILES string of the molecule is CCC(S)c1ccn[nH]1. The minimum Gasteiger partial charge on any atom is -0.281 e. The van der Waals surface area contributed by atoms with Gasteiger partial charge in [-0.25, -0.2) is 0 Å². The van der Waals surface area contributed by atoms with E-state index in [1.165, 1.54) is 0 Å². The molecular weight excluding hydrogens is 132 g/mol. The van der Waals surface area contributed by atoms with E-state index in [0.29, 0.717) is 5.25 Å². The van der Waals surface area contributed by atoms with Crippen molar-refractivity contribution >= 4 is 12.6 Å². The molecule has 0 bridgehead atoms. The normalized spacial score (nSPS) is 13.6. The maximum atomic E-state index is 4.31. The fourth-order valence-electron chi connectivity index (χ4n) is 0.672. The summed E-state index contributed by atoms with van der Waals surface area (Å²) in [5.41, 5.74) is 1.10. The van der Waals surface area contributed by atoms with E-state index in [2.05, 4.69) is 29.7 Å². The Morgan fingerprint density at radius 2 is 2.67 bits per heavy atom. The van der Waals surface area contributed by atoms with Gasteiger partial charge in [0.15, 0.2) is 0 Å². The van der Waals surface area contributed by atoms with E-state index >= 15 is 0 Å². The quantitative estimate of drug-likeness (QED) is 0.605. The molecule has 1 rings (SSSR count). The van der Waals surface area contributed by atoms with Crippen LogP contribution in [-0.4, -0.2) is 10.2 Å². The van der Waals surface area contributed by atoms with Crippen molar-refractivity contribution in [3.05, 3.63) is 18.0 Å². The highest BCUT2D eigenvalue weighted by molar-refractivity contribution is 7.80. The smallest absolute Gasteiger partial charge is 0.0490 e. The van der Waals surface area contributed by atoms with Gasteiger partial charge in [0, 0.05) is 17.1 Å². The average molecular weight is 142 g/mol. The highest BCUT2D eigenvalue weighted by Crippen LogP contribution is 2.19. The molecule has 0 spiro atoms. The number of aromatic amines is 1. The molecule has 3 heteroatoms. The van der Waals surface area contributed by atoms with Crippen LogP contribution in [0, 0.1) is 0 Å². The second-order valence-electron chi connectivity index (χ2n) is 1.94. The molecule has 0 saturated carbocycles. The third-order valence-electron chi connectivity index (χ3n) is 1.27. The summed E-state index contributed by atoms with van der Waals surface area (Å²) in [5, 5.41) is 6.99. The Hall–Kier alpha value is -0.440. The van der Waals surface area contributed by atoms with Crippen molar-refractivity contribution in [2.45, 2.75) is 18.6 Å². The van der Waals surface area contributed by atoms with Gasteiger partial charge >= 0.3 is 0 Å². The van der Waals surface area contributed by atoms with Crippen LogP contribution in [0.2, 0.25) is 0 Å². The minimum atomic E-state index is 0.312. The molecule has 9 heavy (non-hydrogen) atoms. The van der Waals surface area contributed by atoms with Crippen LogP contribution in [0.3, 0.4) is 0 Å². The second-order valence-corrected chi connectivity index (χ2v) is 2.56. The summed E-state index contributed by atoms with van der Waals surface area (Å²) in [7, 11) is 0. The van der Waals surface area contributed by atoms with Crippen molar-refractivity contribution in [1.29, 1.82) is 0 Å². The minimum absolute atomic E-state index is 0.312. The number of hydrogen-bond donors (Lipinski definition) is 2. The summed E-state index contributed by atoms with van der Waals surface area (Å²) in [4.78, 5) is 0. The number of hydrogen-bond acceptors (Lipinski definition) is 2. The lowest BCUT2D eigenvalue weighted by Gasteiger charge is -2.01. The number of rotatable bonds is 2. The van der Waals surface area contributed by atoms with Gasteiger partial charge in [0.1, 0.15) is 0 Å². The van der Waals surface area contributed by atoms with Gasteiger partial charge in [0.2, 0.25) is 0 Å². The van der Waals surface area contributed by atoms with Crippen LogP contribution in [-0.2, 0) is 0 Å². The van der Waals surface area contributed by atoms with Gasteiger partial charge < -0.3 is 0 Å². The molecule has 0 amide bonds. The van der Waals surface area contributed by atoms with Crippen LogP contribution < -0.4 is 0 Å². The van der Waals surface area contributed by atoms with Gasteiger partial charge in [-0.3, -0.25) is 5.10 Å². The fourth-order valence-corrected chi connectivity index (χ4v) is 0.816. The van der Waals surface area contributed by atoms with Crippen molar-refractivity contribution < 1.29 is 0 Å². The van der Waals surface area contributed by atoms with E-state index in [9.17, 15) is 0 Å². The Kier molecular flexibility index (Phi) is 2.16. The summed E-state index contributed by atoms with van der Waals surface area (Å²) in [6, 6.07) is 1.95. The van der Waals surface area contributed by atoms with Crippen molar-refractivity contribution in [3.8, 4) is 0 Å². The molecule has 0 aliphatic heterocycles. The molecule has 0 aromatic carbocycles. The van der Waals surface area contributed by atoms with E-state index in [1.807, 2.05) is 6.07 Å². The largest absolute Gasteiger partial charge is 0.281 e. The first-order valence-corrected chi connectivity index (χ1v) is 3.53. The molecule has 1 aromatic heterocycles. The first kappa shape index (κ1) is 6.68. The number of H-pyrrole nitrogens is 1. The Morgan fingerprint density at radius 1 is 1.89 bits per heavy atom. The van der Waals surface area contributed by atoms with Crippen molar-refractivity contribution in [3.63, 3.8) is 0 Å². The maximum Gasteiger partial charge on any atom is 0.0490 e. The third-order valence-corrected chi connectivity index (χ3v) is 1.91. The van der Waals surface area contributed by atoms with E-state index in [0.717, 1.165) is 12.1 Å². The molecule has 1 heterocycles. The fraction of sp³-hybridized carbons (Fsp3) is 0.500. The molecule has 1 atom stereocenters. The number of nitrogens with one attached hydrogen (secondary N) is 1. The lowest BCUT2D eigenvalue weighted by atomic mass is 10.2. The molecule has 1 N–H and O–H groups in total. The zero-order valence-corrected chi connectivity index (χ0v) is 6.23. The van der Waals surface area contributed by atoms with Gasteiger partial charge in [-0.2, -0.15) is 17.7 Å². The lowest BCUT2D eigenvalue weighted by Crippen LogP contribution is -1.87. The van der Waals surface area contributed by atoms with Crippen LogP contribution in [0.1, 0.15) is 24.3 Å². The molecule has 1 unspecified atom stereocenters. The summed E-state index contributed by atoms with van der Waals surface area (Å²) >= 11 is 4.31. The van der Waals surface area contributed by atoms with Gasteiger partial charge in [-0.1, -0.05) is 6.92 Å². The Bertz CT molecular complexity index is 160. The molecule has 50 valence electrons. The number of nitrogens with zero attached hydrogens (tertiary/aromatic N) is 1. The van der Waals surface area contributed by atoms with Crippen molar-refractivity contribution in [2.24, 2.45) is 0 Å². The average Bonchev–Trinajstić information content (AvgIpc) is 2.37. The van der Waals surface area contributed by atoms with E-state index in [1.54, 1.807) is 6.20 Å². The summed E-state index contributed by atoms with van der Waals surface area (Å²) in [6.45, 7) is 2.10. The predicted molar refractivity (Wildman–Crippen MR) is 40.6 cm³/mol. The van der Waals surface area contributed by atoms with Crippen molar-refractivity contribution in [1.82, 2.24) is 10.2 Å². The molecule has 0 saturated heterocycles. The summed E-state index contributed by atoms with van der Waals surface area (Å²) < 4.78 is 0.